The molecule has 182 valence electrons. The summed E-state index contributed by atoms with van der Waals surface area (Å²) in [5, 5.41) is 6.87. The van der Waals surface area contributed by atoms with Crippen molar-refractivity contribution in [1.29, 1.82) is 0 Å². The van der Waals surface area contributed by atoms with Crippen LogP contribution in [0, 0.1) is 0 Å². The van der Waals surface area contributed by atoms with E-state index in [1.54, 1.807) is 0 Å². The monoisotopic (exact) mass is 481 g/mol. The predicted molar refractivity (Wildman–Crippen MR) is 141 cm³/mol. The van der Waals surface area contributed by atoms with Gasteiger partial charge < -0.3 is 20.0 Å². The molecule has 0 unspecified atom stereocenters. The molecule has 0 aliphatic carbocycles. The maximum atomic E-state index is 5.86. The quantitative estimate of drug-likeness (QED) is 0.200. The molecule has 8 heteroatoms. The lowest BCUT2D eigenvalue weighted by Gasteiger charge is -2.07. The first kappa shape index (κ1) is 27.0. The Balaban J connectivity index is 1.47. The van der Waals surface area contributed by atoms with Gasteiger partial charge in [-0.3, -0.25) is 0 Å². The standard InChI is InChI=1S/C24H43N5OS2/c1-4-5-6-7-8-9-10-11-12-13-16-25-23-24(28-32-27-23)26-17-18-31-20-22-15-14-21(30-22)19-29(2)3/h14-15H,4-13,16-20H2,1-3H3,(H,25,27)(H,26,28). The lowest BCUT2D eigenvalue weighted by Crippen LogP contribution is -2.09. The van der Waals surface area contributed by atoms with Gasteiger partial charge in [-0.2, -0.15) is 20.5 Å². The SMILES string of the molecule is CCCCCCCCCCCCNc1nsnc1NCCSCc1ccc(CN(C)C)o1. The first-order valence-electron chi connectivity index (χ1n) is 12.3. The zero-order valence-corrected chi connectivity index (χ0v) is 22.0. The lowest BCUT2D eigenvalue weighted by molar-refractivity contribution is 0.344. The summed E-state index contributed by atoms with van der Waals surface area (Å²) in [7, 11) is 4.10. The van der Waals surface area contributed by atoms with E-state index in [4.69, 9.17) is 4.42 Å². The molecule has 0 amide bonds. The summed E-state index contributed by atoms with van der Waals surface area (Å²) in [6.45, 7) is 4.96. The van der Waals surface area contributed by atoms with Gasteiger partial charge in [0.15, 0.2) is 11.6 Å². The minimum atomic E-state index is 0.845. The van der Waals surface area contributed by atoms with E-state index >= 15 is 0 Å². The molecule has 0 radical (unpaired) electrons. The van der Waals surface area contributed by atoms with Crippen molar-refractivity contribution in [3.63, 3.8) is 0 Å². The Hall–Kier alpha value is -1.25. The molecule has 0 bridgehead atoms. The normalized spacial score (nSPS) is 11.4. The molecule has 6 nitrogen and oxygen atoms in total. The van der Waals surface area contributed by atoms with Gasteiger partial charge in [0.05, 0.1) is 24.0 Å². The molecule has 0 spiro atoms. The van der Waals surface area contributed by atoms with Gasteiger partial charge >= 0.3 is 0 Å². The van der Waals surface area contributed by atoms with E-state index in [2.05, 4.69) is 57.4 Å². The van der Waals surface area contributed by atoms with Gasteiger partial charge in [-0.15, -0.1) is 0 Å². The van der Waals surface area contributed by atoms with Gasteiger partial charge in [0.2, 0.25) is 0 Å². The molecule has 2 aromatic rings. The number of hydrogen-bond donors (Lipinski definition) is 2. The first-order chi connectivity index (χ1) is 15.7. The number of nitrogens with zero attached hydrogens (tertiary/aromatic N) is 3. The molecule has 0 aliphatic rings. The summed E-state index contributed by atoms with van der Waals surface area (Å²) in [5.41, 5.74) is 0. The number of anilines is 2. The van der Waals surface area contributed by atoms with E-state index in [-0.39, 0.29) is 0 Å². The Kier molecular flexibility index (Phi) is 14.6. The Bertz CT molecular complexity index is 704. The highest BCUT2D eigenvalue weighted by molar-refractivity contribution is 7.98. The molecular weight excluding hydrogens is 438 g/mol. The summed E-state index contributed by atoms with van der Waals surface area (Å²) in [6, 6.07) is 4.15. The third-order valence-electron chi connectivity index (χ3n) is 5.28. The van der Waals surface area contributed by atoms with Crippen molar-refractivity contribution in [3.8, 4) is 0 Å². The second-order valence-electron chi connectivity index (χ2n) is 8.66. The van der Waals surface area contributed by atoms with Gasteiger partial charge in [-0.1, -0.05) is 64.7 Å². The summed E-state index contributed by atoms with van der Waals surface area (Å²) in [6.07, 6.45) is 13.6. The fourth-order valence-corrected chi connectivity index (χ4v) is 4.80. The summed E-state index contributed by atoms with van der Waals surface area (Å²) >= 11 is 3.13. The Labute approximate surface area is 203 Å². The molecule has 0 saturated carbocycles. The molecule has 2 heterocycles. The van der Waals surface area contributed by atoms with E-state index < -0.39 is 0 Å². The summed E-state index contributed by atoms with van der Waals surface area (Å²) in [5.74, 6) is 5.74. The van der Waals surface area contributed by atoms with Crippen LogP contribution in [-0.4, -0.2) is 46.6 Å². The average molecular weight is 482 g/mol. The molecule has 0 aromatic carbocycles. The van der Waals surface area contributed by atoms with Crippen molar-refractivity contribution in [1.82, 2.24) is 13.6 Å². The number of furan rings is 1. The summed E-state index contributed by atoms with van der Waals surface area (Å²) < 4.78 is 14.7. The number of unbranched alkanes of at least 4 members (excludes halogenated alkanes) is 9. The molecular formula is C24H43N5OS2. The van der Waals surface area contributed by atoms with Crippen LogP contribution in [0.2, 0.25) is 0 Å². The molecule has 2 aromatic heterocycles. The lowest BCUT2D eigenvalue weighted by atomic mass is 10.1. The Morgan fingerprint density at radius 2 is 1.44 bits per heavy atom. The topological polar surface area (TPSA) is 66.2 Å². The van der Waals surface area contributed by atoms with Crippen molar-refractivity contribution in [2.24, 2.45) is 0 Å². The highest BCUT2D eigenvalue weighted by Gasteiger charge is 2.07. The van der Waals surface area contributed by atoms with Crippen molar-refractivity contribution >= 4 is 35.1 Å². The fraction of sp³-hybridized carbons (Fsp3) is 0.750. The van der Waals surface area contributed by atoms with E-state index in [9.17, 15) is 0 Å². The fourth-order valence-electron chi connectivity index (χ4n) is 3.55. The van der Waals surface area contributed by atoms with Crippen molar-refractivity contribution in [2.75, 3.05) is 43.6 Å². The molecule has 0 atom stereocenters. The molecule has 0 aliphatic heterocycles. The first-order valence-corrected chi connectivity index (χ1v) is 14.2. The van der Waals surface area contributed by atoms with E-state index in [1.807, 2.05) is 11.8 Å². The van der Waals surface area contributed by atoms with Gasteiger partial charge in [-0.05, 0) is 32.6 Å². The van der Waals surface area contributed by atoms with E-state index in [1.165, 1.54) is 75.9 Å². The molecule has 2 N–H and O–H groups in total. The minimum absolute atomic E-state index is 0.845. The number of hydrogen-bond acceptors (Lipinski definition) is 8. The average Bonchev–Trinajstić information content (AvgIpc) is 3.40. The van der Waals surface area contributed by atoms with Gasteiger partial charge in [0.25, 0.3) is 0 Å². The number of rotatable bonds is 20. The summed E-state index contributed by atoms with van der Waals surface area (Å²) in [4.78, 5) is 2.11. The van der Waals surface area contributed by atoms with Crippen LogP contribution in [-0.2, 0) is 12.3 Å². The smallest absolute Gasteiger partial charge is 0.184 e. The highest BCUT2D eigenvalue weighted by Crippen LogP contribution is 2.20. The molecule has 0 saturated heterocycles. The van der Waals surface area contributed by atoms with Crippen LogP contribution < -0.4 is 10.6 Å². The van der Waals surface area contributed by atoms with Crippen molar-refractivity contribution < 1.29 is 4.42 Å². The largest absolute Gasteiger partial charge is 0.464 e. The number of thioether (sulfide) groups is 1. The molecule has 32 heavy (non-hydrogen) atoms. The van der Waals surface area contributed by atoms with E-state index in [0.717, 1.165) is 54.3 Å². The van der Waals surface area contributed by atoms with Crippen LogP contribution in [0.1, 0.15) is 82.7 Å². The Morgan fingerprint density at radius 1 is 0.844 bits per heavy atom. The maximum Gasteiger partial charge on any atom is 0.184 e. The van der Waals surface area contributed by atoms with E-state index in [0.29, 0.717) is 0 Å². The number of aromatic nitrogens is 2. The van der Waals surface area contributed by atoms with Gasteiger partial charge in [-0.25, -0.2) is 0 Å². The highest BCUT2D eigenvalue weighted by atomic mass is 32.2. The van der Waals surface area contributed by atoms with Crippen LogP contribution in [0.4, 0.5) is 11.6 Å². The number of nitrogens with one attached hydrogen (secondary N) is 2. The third-order valence-corrected chi connectivity index (χ3v) is 6.79. The third kappa shape index (κ3) is 12.1. The van der Waals surface area contributed by atoms with Crippen LogP contribution in [0.15, 0.2) is 16.5 Å². The van der Waals surface area contributed by atoms with Gasteiger partial charge in [0, 0.05) is 18.8 Å². The molecule has 0 fully saturated rings. The van der Waals surface area contributed by atoms with Crippen LogP contribution in [0.25, 0.3) is 0 Å². The van der Waals surface area contributed by atoms with Crippen LogP contribution in [0.5, 0.6) is 0 Å². The predicted octanol–water partition coefficient (Wildman–Crippen LogP) is 6.87. The second kappa shape index (κ2) is 17.3. The van der Waals surface area contributed by atoms with Crippen LogP contribution in [0.3, 0.4) is 0 Å². The zero-order valence-electron chi connectivity index (χ0n) is 20.3. The Morgan fingerprint density at radius 3 is 2.09 bits per heavy atom. The van der Waals surface area contributed by atoms with Gasteiger partial charge in [0.1, 0.15) is 11.5 Å². The maximum absolute atomic E-state index is 5.86. The van der Waals surface area contributed by atoms with Crippen LogP contribution >= 0.6 is 23.5 Å². The second-order valence-corrected chi connectivity index (χ2v) is 10.3. The van der Waals surface area contributed by atoms with Crippen molar-refractivity contribution in [2.45, 2.75) is 83.4 Å². The molecule has 2 rings (SSSR count). The van der Waals surface area contributed by atoms with Crippen molar-refractivity contribution in [3.05, 3.63) is 23.7 Å². The minimum Gasteiger partial charge on any atom is -0.464 e. The zero-order chi connectivity index (χ0) is 22.9.